The van der Waals surface area contributed by atoms with Crippen molar-refractivity contribution in [2.75, 3.05) is 20.1 Å². The summed E-state index contributed by atoms with van der Waals surface area (Å²) in [5, 5.41) is 7.76. The van der Waals surface area contributed by atoms with Crippen molar-refractivity contribution in [1.82, 2.24) is 25.0 Å². The van der Waals surface area contributed by atoms with E-state index in [1.807, 2.05) is 11.7 Å². The summed E-state index contributed by atoms with van der Waals surface area (Å²) in [6, 6.07) is 8.64. The summed E-state index contributed by atoms with van der Waals surface area (Å²) >= 11 is 0. The molecular weight excluding hydrogens is 336 g/mol. The third kappa shape index (κ3) is 4.31. The molecule has 1 N–H and O–H groups in total. The Morgan fingerprint density at radius 1 is 1.19 bits per heavy atom. The highest BCUT2D eigenvalue weighted by Crippen LogP contribution is 2.43. The van der Waals surface area contributed by atoms with Crippen LogP contribution in [-0.4, -0.2) is 45.8 Å². The van der Waals surface area contributed by atoms with Gasteiger partial charge in [0.1, 0.15) is 12.7 Å². The molecule has 2 aromatic rings. The smallest absolute Gasteiger partial charge is 0.193 e. The highest BCUT2D eigenvalue weighted by Gasteiger charge is 2.39. The maximum atomic E-state index is 4.56. The molecule has 0 unspecified atom stereocenters. The Kier molecular flexibility index (Phi) is 5.41. The van der Waals surface area contributed by atoms with E-state index >= 15 is 0 Å². The Labute approximate surface area is 161 Å². The Morgan fingerprint density at radius 2 is 2.04 bits per heavy atom. The van der Waals surface area contributed by atoms with Gasteiger partial charge in [-0.25, -0.2) is 9.67 Å². The Balaban J connectivity index is 1.35. The monoisotopic (exact) mass is 366 g/mol. The molecule has 6 nitrogen and oxygen atoms in total. The lowest BCUT2D eigenvalue weighted by molar-refractivity contribution is 0.203. The van der Waals surface area contributed by atoms with E-state index in [0.29, 0.717) is 5.41 Å². The lowest BCUT2D eigenvalue weighted by Gasteiger charge is -2.33. The maximum Gasteiger partial charge on any atom is 0.193 e. The quantitative estimate of drug-likeness (QED) is 0.667. The molecule has 144 valence electrons. The highest BCUT2D eigenvalue weighted by atomic mass is 15.3. The van der Waals surface area contributed by atoms with Gasteiger partial charge in [0.15, 0.2) is 5.96 Å². The molecule has 2 fully saturated rings. The molecule has 1 aliphatic carbocycles. The minimum Gasteiger partial charge on any atom is -0.352 e. The zero-order valence-corrected chi connectivity index (χ0v) is 16.3. The number of hydrogen-bond donors (Lipinski definition) is 1. The van der Waals surface area contributed by atoms with Gasteiger partial charge in [-0.3, -0.25) is 4.99 Å². The van der Waals surface area contributed by atoms with Gasteiger partial charge in [-0.15, -0.1) is 0 Å². The number of hydrogen-bond acceptors (Lipinski definition) is 3. The fourth-order valence-electron chi connectivity index (χ4n) is 4.68. The molecular formula is C21H30N6. The van der Waals surface area contributed by atoms with Crippen molar-refractivity contribution in [3.05, 3.63) is 48.0 Å². The van der Waals surface area contributed by atoms with Gasteiger partial charge in [0.2, 0.25) is 0 Å². The second-order valence-electron chi connectivity index (χ2n) is 8.05. The van der Waals surface area contributed by atoms with E-state index < -0.39 is 0 Å². The molecule has 1 aromatic heterocycles. The lowest BCUT2D eigenvalue weighted by Crippen LogP contribution is -2.41. The maximum absolute atomic E-state index is 4.56. The Bertz CT molecular complexity index is 761. The number of rotatable bonds is 4. The van der Waals surface area contributed by atoms with Gasteiger partial charge in [-0.1, -0.05) is 43.5 Å². The summed E-state index contributed by atoms with van der Waals surface area (Å²) in [6.45, 7) is 3.84. The Morgan fingerprint density at radius 3 is 2.81 bits per heavy atom. The van der Waals surface area contributed by atoms with E-state index in [2.05, 4.69) is 49.6 Å². The number of guanidine groups is 1. The molecule has 1 aliphatic heterocycles. The molecule has 27 heavy (non-hydrogen) atoms. The molecule has 0 amide bonds. The van der Waals surface area contributed by atoms with E-state index in [1.165, 1.54) is 56.2 Å². The van der Waals surface area contributed by atoms with Gasteiger partial charge in [-0.2, -0.15) is 5.10 Å². The number of aliphatic imine (C=N–C) groups is 1. The van der Waals surface area contributed by atoms with Crippen molar-refractivity contribution in [3.8, 4) is 0 Å². The van der Waals surface area contributed by atoms with Crippen molar-refractivity contribution < 1.29 is 0 Å². The van der Waals surface area contributed by atoms with Crippen molar-refractivity contribution in [2.45, 2.75) is 51.6 Å². The first-order chi connectivity index (χ1) is 13.3. The van der Waals surface area contributed by atoms with E-state index in [0.717, 1.165) is 25.6 Å². The molecule has 4 rings (SSSR count). The fraction of sp³-hybridized carbons (Fsp3) is 0.571. The molecule has 1 aromatic carbocycles. The van der Waals surface area contributed by atoms with Crippen molar-refractivity contribution in [1.29, 1.82) is 0 Å². The highest BCUT2D eigenvalue weighted by molar-refractivity contribution is 5.80. The minimum absolute atomic E-state index is 0.549. The summed E-state index contributed by atoms with van der Waals surface area (Å²) in [5.74, 6) is 1.04. The predicted octanol–water partition coefficient (Wildman–Crippen LogP) is 3.06. The molecule has 1 spiro atoms. The SMILES string of the molecule is CN=C(NCc1cccc(Cn2cncn2)c1)N1CCC2(CCCCC2)C1. The second-order valence-corrected chi connectivity index (χ2v) is 8.05. The zero-order valence-electron chi connectivity index (χ0n) is 16.3. The largest absolute Gasteiger partial charge is 0.352 e. The molecule has 0 radical (unpaired) electrons. The number of benzene rings is 1. The zero-order chi connectivity index (χ0) is 18.5. The summed E-state index contributed by atoms with van der Waals surface area (Å²) in [5.41, 5.74) is 3.05. The molecule has 1 saturated heterocycles. The van der Waals surface area contributed by atoms with Crippen LogP contribution in [0.2, 0.25) is 0 Å². The summed E-state index contributed by atoms with van der Waals surface area (Å²) in [6.07, 6.45) is 11.7. The van der Waals surface area contributed by atoms with Crippen LogP contribution in [0.15, 0.2) is 41.9 Å². The van der Waals surface area contributed by atoms with Crippen LogP contribution in [0, 0.1) is 5.41 Å². The van der Waals surface area contributed by atoms with E-state index in [4.69, 9.17) is 0 Å². The normalized spacial score (nSPS) is 19.6. The van der Waals surface area contributed by atoms with E-state index in [9.17, 15) is 0 Å². The molecule has 2 aliphatic rings. The first-order valence-corrected chi connectivity index (χ1v) is 10.1. The molecule has 2 heterocycles. The first-order valence-electron chi connectivity index (χ1n) is 10.1. The van der Waals surface area contributed by atoms with Crippen LogP contribution in [0.1, 0.15) is 49.7 Å². The third-order valence-electron chi connectivity index (χ3n) is 6.12. The standard InChI is InChI=1S/C21H30N6/c1-22-20(26-11-10-21(15-26)8-3-2-4-9-21)24-13-18-6-5-7-19(12-18)14-27-17-23-16-25-27/h5-7,12,16-17H,2-4,8-11,13-15H2,1H3,(H,22,24). The van der Waals surface area contributed by atoms with E-state index in [-0.39, 0.29) is 0 Å². The number of likely N-dealkylation sites (tertiary alicyclic amines) is 1. The van der Waals surface area contributed by atoms with E-state index in [1.54, 1.807) is 12.7 Å². The summed E-state index contributed by atoms with van der Waals surface area (Å²) < 4.78 is 1.85. The first kappa shape index (κ1) is 18.0. The van der Waals surface area contributed by atoms with Gasteiger partial charge < -0.3 is 10.2 Å². The molecule has 1 saturated carbocycles. The van der Waals surface area contributed by atoms with Crippen LogP contribution in [0.4, 0.5) is 0 Å². The van der Waals surface area contributed by atoms with Gasteiger partial charge >= 0.3 is 0 Å². The van der Waals surface area contributed by atoms with Crippen molar-refractivity contribution in [2.24, 2.45) is 10.4 Å². The lowest BCUT2D eigenvalue weighted by atomic mass is 9.73. The van der Waals surface area contributed by atoms with Crippen LogP contribution in [-0.2, 0) is 13.1 Å². The van der Waals surface area contributed by atoms with Gasteiger partial charge in [-0.05, 0) is 35.8 Å². The predicted molar refractivity (Wildman–Crippen MR) is 107 cm³/mol. The van der Waals surface area contributed by atoms with Crippen LogP contribution < -0.4 is 5.32 Å². The van der Waals surface area contributed by atoms with Crippen LogP contribution in [0.5, 0.6) is 0 Å². The Hall–Kier alpha value is -2.37. The minimum atomic E-state index is 0.549. The average Bonchev–Trinajstić information content (AvgIpc) is 3.34. The number of aromatic nitrogens is 3. The third-order valence-corrected chi connectivity index (χ3v) is 6.12. The van der Waals surface area contributed by atoms with Crippen LogP contribution >= 0.6 is 0 Å². The van der Waals surface area contributed by atoms with Crippen molar-refractivity contribution >= 4 is 5.96 Å². The number of nitrogens with one attached hydrogen (secondary N) is 1. The number of nitrogens with zero attached hydrogens (tertiary/aromatic N) is 5. The fourth-order valence-corrected chi connectivity index (χ4v) is 4.68. The van der Waals surface area contributed by atoms with Crippen LogP contribution in [0.3, 0.4) is 0 Å². The molecule has 6 heteroatoms. The van der Waals surface area contributed by atoms with Gasteiger partial charge in [0.25, 0.3) is 0 Å². The van der Waals surface area contributed by atoms with Crippen molar-refractivity contribution in [3.63, 3.8) is 0 Å². The topological polar surface area (TPSA) is 58.3 Å². The van der Waals surface area contributed by atoms with Gasteiger partial charge in [0, 0.05) is 26.7 Å². The summed E-state index contributed by atoms with van der Waals surface area (Å²) in [7, 11) is 1.90. The van der Waals surface area contributed by atoms with Crippen LogP contribution in [0.25, 0.3) is 0 Å². The molecule has 0 atom stereocenters. The molecule has 0 bridgehead atoms. The average molecular weight is 367 g/mol. The van der Waals surface area contributed by atoms with Gasteiger partial charge in [0.05, 0.1) is 6.54 Å². The second kappa shape index (κ2) is 8.11. The summed E-state index contributed by atoms with van der Waals surface area (Å²) in [4.78, 5) is 11.0.